The Hall–Kier alpha value is -2.20. The number of nitrogens with zero attached hydrogens (tertiary/aromatic N) is 1. The van der Waals surface area contributed by atoms with Gasteiger partial charge in [-0.05, 0) is 24.3 Å². The summed E-state index contributed by atoms with van der Waals surface area (Å²) in [6.07, 6.45) is 1.68. The minimum Gasteiger partial charge on any atom is -0.497 e. The van der Waals surface area contributed by atoms with Gasteiger partial charge in [0.15, 0.2) is 5.78 Å². The first-order valence-electron chi connectivity index (χ1n) is 6.60. The number of hydrogen-bond acceptors (Lipinski definition) is 4. The van der Waals surface area contributed by atoms with Crippen molar-refractivity contribution in [2.45, 2.75) is 4.90 Å². The van der Waals surface area contributed by atoms with E-state index in [2.05, 4.69) is 12.1 Å². The van der Waals surface area contributed by atoms with Crippen molar-refractivity contribution < 1.29 is 9.53 Å². The number of ether oxygens (including phenoxy) is 1. The molecule has 0 amide bonds. The molecule has 2 aromatic rings. The molecule has 3 nitrogen and oxygen atoms in total. The lowest BCUT2D eigenvalue weighted by Crippen LogP contribution is -2.11. The SMILES string of the molecule is COc1cccc(C(=O)/C=C2\Sc3ccccc3N2C)c1. The lowest BCUT2D eigenvalue weighted by atomic mass is 10.1. The third-order valence-electron chi connectivity index (χ3n) is 3.38. The topological polar surface area (TPSA) is 29.5 Å². The zero-order chi connectivity index (χ0) is 14.8. The molecule has 0 saturated heterocycles. The first kappa shape index (κ1) is 13.8. The molecule has 0 aromatic heterocycles. The normalized spacial score (nSPS) is 15.1. The number of anilines is 1. The number of carbonyl (C=O) groups excluding carboxylic acids is 1. The van der Waals surface area contributed by atoms with Gasteiger partial charge < -0.3 is 9.64 Å². The summed E-state index contributed by atoms with van der Waals surface area (Å²) in [7, 11) is 3.57. The van der Waals surface area contributed by atoms with Crippen molar-refractivity contribution in [1.82, 2.24) is 0 Å². The average Bonchev–Trinajstić information content (AvgIpc) is 2.84. The predicted molar refractivity (Wildman–Crippen MR) is 86.1 cm³/mol. The van der Waals surface area contributed by atoms with Gasteiger partial charge in [0.05, 0.1) is 17.8 Å². The highest BCUT2D eigenvalue weighted by molar-refractivity contribution is 8.03. The van der Waals surface area contributed by atoms with Crippen LogP contribution in [0.1, 0.15) is 10.4 Å². The number of methoxy groups -OCH3 is 1. The van der Waals surface area contributed by atoms with E-state index >= 15 is 0 Å². The van der Waals surface area contributed by atoms with Crippen LogP contribution in [0.4, 0.5) is 5.69 Å². The molecule has 0 aliphatic carbocycles. The summed E-state index contributed by atoms with van der Waals surface area (Å²) in [5.74, 6) is 0.672. The second-order valence-electron chi connectivity index (χ2n) is 4.71. The van der Waals surface area contributed by atoms with Crippen molar-refractivity contribution in [3.63, 3.8) is 0 Å². The van der Waals surface area contributed by atoms with Crippen LogP contribution >= 0.6 is 11.8 Å². The standard InChI is InChI=1S/C17H15NO2S/c1-18-14-8-3-4-9-16(14)21-17(18)11-15(19)12-6-5-7-13(10-12)20-2/h3-11H,1-2H3/b17-11-. The molecule has 2 aromatic carbocycles. The van der Waals surface area contributed by atoms with Crippen molar-refractivity contribution in [2.75, 3.05) is 19.1 Å². The molecule has 0 N–H and O–H groups in total. The predicted octanol–water partition coefficient (Wildman–Crippen LogP) is 3.96. The molecule has 3 rings (SSSR count). The highest BCUT2D eigenvalue weighted by Crippen LogP contribution is 2.44. The maximum absolute atomic E-state index is 12.4. The lowest BCUT2D eigenvalue weighted by Gasteiger charge is -2.13. The molecule has 1 aliphatic rings. The number of carbonyl (C=O) groups is 1. The Labute approximate surface area is 128 Å². The molecule has 0 radical (unpaired) electrons. The van der Waals surface area contributed by atoms with E-state index in [-0.39, 0.29) is 5.78 Å². The maximum Gasteiger partial charge on any atom is 0.188 e. The molecule has 0 fully saturated rings. The molecule has 0 unspecified atom stereocenters. The van der Waals surface area contributed by atoms with E-state index in [1.165, 1.54) is 4.90 Å². The number of thioether (sulfide) groups is 1. The molecule has 106 valence electrons. The Morgan fingerprint density at radius 3 is 2.76 bits per heavy atom. The van der Waals surface area contributed by atoms with Gasteiger partial charge in [0.2, 0.25) is 0 Å². The van der Waals surface area contributed by atoms with Gasteiger partial charge in [-0.25, -0.2) is 0 Å². The smallest absolute Gasteiger partial charge is 0.188 e. The largest absolute Gasteiger partial charge is 0.497 e. The highest BCUT2D eigenvalue weighted by atomic mass is 32.2. The Morgan fingerprint density at radius 1 is 1.19 bits per heavy atom. The zero-order valence-electron chi connectivity index (χ0n) is 11.9. The number of rotatable bonds is 3. The molecule has 0 spiro atoms. The van der Waals surface area contributed by atoms with Gasteiger partial charge in [0.25, 0.3) is 0 Å². The third kappa shape index (κ3) is 2.67. The minimum absolute atomic E-state index is 0.0175. The number of allylic oxidation sites excluding steroid dienone is 1. The Morgan fingerprint density at radius 2 is 2.00 bits per heavy atom. The van der Waals surface area contributed by atoms with Crippen LogP contribution in [0.5, 0.6) is 5.75 Å². The van der Waals surface area contributed by atoms with Crippen LogP contribution in [-0.4, -0.2) is 19.9 Å². The van der Waals surface area contributed by atoms with Crippen molar-refractivity contribution >= 4 is 23.2 Å². The Bertz CT molecular complexity index is 724. The second kappa shape index (κ2) is 5.66. The van der Waals surface area contributed by atoms with E-state index in [0.29, 0.717) is 11.3 Å². The van der Waals surface area contributed by atoms with Crippen LogP contribution in [0.2, 0.25) is 0 Å². The van der Waals surface area contributed by atoms with E-state index < -0.39 is 0 Å². The summed E-state index contributed by atoms with van der Waals surface area (Å²) in [4.78, 5) is 15.6. The van der Waals surface area contributed by atoms with Gasteiger partial charge in [-0.1, -0.05) is 36.0 Å². The van der Waals surface area contributed by atoms with E-state index in [0.717, 1.165) is 10.7 Å². The number of ketones is 1. The van der Waals surface area contributed by atoms with Gasteiger partial charge in [0, 0.05) is 23.6 Å². The monoisotopic (exact) mass is 297 g/mol. The van der Waals surface area contributed by atoms with Gasteiger partial charge in [-0.15, -0.1) is 0 Å². The van der Waals surface area contributed by atoms with Crippen LogP contribution in [0.3, 0.4) is 0 Å². The van der Waals surface area contributed by atoms with E-state index in [1.54, 1.807) is 37.1 Å². The first-order chi connectivity index (χ1) is 10.2. The molecule has 0 atom stereocenters. The van der Waals surface area contributed by atoms with Crippen molar-refractivity contribution in [3.8, 4) is 5.75 Å². The molecule has 4 heteroatoms. The van der Waals surface area contributed by atoms with Gasteiger partial charge >= 0.3 is 0 Å². The fourth-order valence-corrected chi connectivity index (χ4v) is 3.30. The molecular weight excluding hydrogens is 282 g/mol. The fraction of sp³-hybridized carbons (Fsp3) is 0.118. The van der Waals surface area contributed by atoms with E-state index in [9.17, 15) is 4.79 Å². The van der Waals surface area contributed by atoms with Crippen molar-refractivity contribution in [2.24, 2.45) is 0 Å². The first-order valence-corrected chi connectivity index (χ1v) is 7.41. The zero-order valence-corrected chi connectivity index (χ0v) is 12.7. The van der Waals surface area contributed by atoms with Gasteiger partial charge in [-0.2, -0.15) is 0 Å². The molecular formula is C17H15NO2S. The molecule has 0 saturated carbocycles. The summed E-state index contributed by atoms with van der Waals surface area (Å²) in [6, 6.07) is 15.3. The summed E-state index contributed by atoms with van der Waals surface area (Å²) in [5, 5.41) is 0.934. The summed E-state index contributed by atoms with van der Waals surface area (Å²) in [5.41, 5.74) is 1.76. The van der Waals surface area contributed by atoms with E-state index in [1.807, 2.05) is 36.2 Å². The van der Waals surface area contributed by atoms with Crippen LogP contribution in [0.25, 0.3) is 0 Å². The molecule has 21 heavy (non-hydrogen) atoms. The quantitative estimate of drug-likeness (QED) is 0.633. The highest BCUT2D eigenvalue weighted by Gasteiger charge is 2.22. The Balaban J connectivity index is 1.88. The maximum atomic E-state index is 12.4. The number of para-hydroxylation sites is 1. The van der Waals surface area contributed by atoms with Crippen LogP contribution in [0, 0.1) is 0 Å². The lowest BCUT2D eigenvalue weighted by molar-refractivity contribution is 0.104. The Kier molecular flexibility index (Phi) is 3.71. The van der Waals surface area contributed by atoms with Crippen molar-refractivity contribution in [1.29, 1.82) is 0 Å². The van der Waals surface area contributed by atoms with Gasteiger partial charge in [-0.3, -0.25) is 4.79 Å². The second-order valence-corrected chi connectivity index (χ2v) is 5.77. The summed E-state index contributed by atoms with van der Waals surface area (Å²) >= 11 is 1.61. The van der Waals surface area contributed by atoms with Gasteiger partial charge in [0.1, 0.15) is 5.75 Å². The summed E-state index contributed by atoms with van der Waals surface area (Å²) in [6.45, 7) is 0. The minimum atomic E-state index is -0.0175. The average molecular weight is 297 g/mol. The van der Waals surface area contributed by atoms with Crippen LogP contribution < -0.4 is 9.64 Å². The summed E-state index contributed by atoms with van der Waals surface area (Å²) < 4.78 is 5.16. The van der Waals surface area contributed by atoms with E-state index in [4.69, 9.17) is 4.74 Å². The molecule has 0 bridgehead atoms. The number of benzene rings is 2. The molecule has 1 aliphatic heterocycles. The third-order valence-corrected chi connectivity index (χ3v) is 4.55. The number of fused-ring (bicyclic) bond motifs is 1. The van der Waals surface area contributed by atoms with Crippen molar-refractivity contribution in [3.05, 3.63) is 65.2 Å². The number of hydrogen-bond donors (Lipinski definition) is 0. The fourth-order valence-electron chi connectivity index (χ4n) is 2.22. The van der Waals surface area contributed by atoms with Crippen LogP contribution in [-0.2, 0) is 0 Å². The van der Waals surface area contributed by atoms with Crippen LogP contribution in [0.15, 0.2) is 64.5 Å². The molecule has 1 heterocycles.